The van der Waals surface area contributed by atoms with Crippen molar-refractivity contribution < 1.29 is 0 Å². The van der Waals surface area contributed by atoms with Gasteiger partial charge in [-0.05, 0) is 111 Å². The van der Waals surface area contributed by atoms with Crippen LogP contribution in [-0.2, 0) is 0 Å². The van der Waals surface area contributed by atoms with Crippen molar-refractivity contribution in [3.63, 3.8) is 0 Å². The molecule has 214 valence electrons. The number of nitrogens with zero attached hydrogens (tertiary/aromatic N) is 2. The van der Waals surface area contributed by atoms with Gasteiger partial charge in [0.1, 0.15) is 0 Å². The van der Waals surface area contributed by atoms with Gasteiger partial charge in [-0.1, -0.05) is 103 Å². The molecule has 2 nitrogen and oxygen atoms in total. The predicted octanol–water partition coefficient (Wildman–Crippen LogP) is 12.2. The molecular weight excluding hydrogens is 556 g/mol. The molecule has 1 aliphatic rings. The third kappa shape index (κ3) is 3.59. The monoisotopic (exact) mass is 584 g/mol. The second-order valence-electron chi connectivity index (χ2n) is 12.2. The summed E-state index contributed by atoms with van der Waals surface area (Å²) in [7, 11) is 0. The van der Waals surface area contributed by atoms with Gasteiger partial charge in [0.25, 0.3) is 0 Å². The second-order valence-corrected chi connectivity index (χ2v) is 12.2. The maximum Gasteiger partial charge on any atom is 0.0542 e. The van der Waals surface area contributed by atoms with E-state index in [4.69, 9.17) is 0 Å². The average molecular weight is 585 g/mol. The van der Waals surface area contributed by atoms with Crippen molar-refractivity contribution in [1.82, 2.24) is 4.57 Å². The van der Waals surface area contributed by atoms with Gasteiger partial charge >= 0.3 is 0 Å². The van der Waals surface area contributed by atoms with E-state index < -0.39 is 0 Å². The van der Waals surface area contributed by atoms with E-state index in [1.54, 1.807) is 0 Å². The summed E-state index contributed by atoms with van der Waals surface area (Å²) in [6.07, 6.45) is 0. The summed E-state index contributed by atoms with van der Waals surface area (Å²) in [6.45, 7) is 0. The Balaban J connectivity index is 1.20. The van der Waals surface area contributed by atoms with E-state index in [1.165, 1.54) is 71.3 Å². The molecule has 0 amide bonds. The van der Waals surface area contributed by atoms with E-state index in [1.807, 2.05) is 0 Å². The quantitative estimate of drug-likeness (QED) is 0.187. The van der Waals surface area contributed by atoms with Crippen LogP contribution in [0.15, 0.2) is 170 Å². The van der Waals surface area contributed by atoms with E-state index in [0.29, 0.717) is 0 Å². The van der Waals surface area contributed by atoms with Gasteiger partial charge in [-0.3, -0.25) is 0 Å². The zero-order chi connectivity index (χ0) is 30.2. The van der Waals surface area contributed by atoms with E-state index in [0.717, 1.165) is 17.1 Å². The van der Waals surface area contributed by atoms with Crippen molar-refractivity contribution in [2.75, 3.05) is 4.90 Å². The highest BCUT2D eigenvalue weighted by Crippen LogP contribution is 2.52. The predicted molar refractivity (Wildman–Crippen MR) is 195 cm³/mol. The number of para-hydroxylation sites is 3. The van der Waals surface area contributed by atoms with Gasteiger partial charge in [-0.25, -0.2) is 0 Å². The number of aromatic nitrogens is 1. The maximum absolute atomic E-state index is 2.40. The molecule has 9 aromatic rings. The lowest BCUT2D eigenvalue weighted by Crippen LogP contribution is -2.10. The molecule has 10 rings (SSSR count). The van der Waals surface area contributed by atoms with Gasteiger partial charge in [0, 0.05) is 33.5 Å². The zero-order valence-electron chi connectivity index (χ0n) is 25.1. The summed E-state index contributed by atoms with van der Waals surface area (Å²) in [5.74, 6) is 0. The Hall–Kier alpha value is -6.12. The van der Waals surface area contributed by atoms with Gasteiger partial charge < -0.3 is 9.47 Å². The highest BCUT2D eigenvalue weighted by Gasteiger charge is 2.25. The molecule has 1 aromatic heterocycles. The van der Waals surface area contributed by atoms with Crippen molar-refractivity contribution >= 4 is 60.4 Å². The summed E-state index contributed by atoms with van der Waals surface area (Å²) in [6, 6.07) is 61.9. The van der Waals surface area contributed by atoms with Crippen LogP contribution in [-0.4, -0.2) is 4.57 Å². The van der Waals surface area contributed by atoms with Crippen LogP contribution in [0.1, 0.15) is 0 Å². The van der Waals surface area contributed by atoms with Crippen molar-refractivity contribution in [3.8, 4) is 27.9 Å². The molecule has 0 fully saturated rings. The molecule has 2 heteroatoms. The molecule has 0 spiro atoms. The standard InChI is InChI=1S/C44H28N2/c1-3-14-31(15-4-1)45(34-23-25-42-40(28-34)36-19-9-10-21-41(36)46(42)32-16-5-2-6-17-32)33-22-24-38-39(27-33)37-20-11-13-30-26-29-12-7-8-18-35(29)44(38)43(30)37/h1-28H. The largest absolute Gasteiger partial charge is 0.310 e. The molecule has 0 radical (unpaired) electrons. The van der Waals surface area contributed by atoms with Crippen LogP contribution in [0.25, 0.3) is 71.3 Å². The third-order valence-electron chi connectivity index (χ3n) is 9.65. The summed E-state index contributed by atoms with van der Waals surface area (Å²) < 4.78 is 2.37. The van der Waals surface area contributed by atoms with Crippen molar-refractivity contribution in [1.29, 1.82) is 0 Å². The highest BCUT2D eigenvalue weighted by molar-refractivity contribution is 6.24. The molecule has 0 unspecified atom stereocenters. The van der Waals surface area contributed by atoms with Crippen LogP contribution in [0.3, 0.4) is 0 Å². The fourth-order valence-electron chi connectivity index (χ4n) is 7.72. The Labute approximate surface area is 267 Å². The first-order chi connectivity index (χ1) is 22.8. The van der Waals surface area contributed by atoms with Crippen LogP contribution in [0.5, 0.6) is 0 Å². The first kappa shape index (κ1) is 25.2. The van der Waals surface area contributed by atoms with Gasteiger partial charge in [0.2, 0.25) is 0 Å². The van der Waals surface area contributed by atoms with Gasteiger partial charge in [-0.15, -0.1) is 0 Å². The minimum absolute atomic E-state index is 1.13. The highest BCUT2D eigenvalue weighted by atomic mass is 15.1. The third-order valence-corrected chi connectivity index (χ3v) is 9.65. The summed E-state index contributed by atoms with van der Waals surface area (Å²) in [5, 5.41) is 7.74. The summed E-state index contributed by atoms with van der Waals surface area (Å²) >= 11 is 0. The Morgan fingerprint density at radius 2 is 1.04 bits per heavy atom. The van der Waals surface area contributed by atoms with Crippen LogP contribution in [0.2, 0.25) is 0 Å². The number of rotatable bonds is 4. The lowest BCUT2D eigenvalue weighted by Gasteiger charge is -2.26. The fourth-order valence-corrected chi connectivity index (χ4v) is 7.72. The van der Waals surface area contributed by atoms with Crippen molar-refractivity contribution in [2.24, 2.45) is 0 Å². The maximum atomic E-state index is 2.40. The SMILES string of the molecule is c1ccc(N(c2ccc3c(c2)-c2cccc4cc5ccccc5c-3c24)c2ccc3c(c2)c2ccccc2n3-c2ccccc2)cc1. The number of hydrogen-bond acceptors (Lipinski definition) is 1. The average Bonchev–Trinajstić information content (AvgIpc) is 3.63. The van der Waals surface area contributed by atoms with Crippen LogP contribution in [0.4, 0.5) is 17.1 Å². The lowest BCUT2D eigenvalue weighted by atomic mass is 9.96. The Morgan fingerprint density at radius 1 is 0.370 bits per heavy atom. The molecule has 46 heavy (non-hydrogen) atoms. The second kappa shape index (κ2) is 9.69. The minimum atomic E-state index is 1.13. The van der Waals surface area contributed by atoms with Gasteiger partial charge in [0.05, 0.1) is 11.0 Å². The lowest BCUT2D eigenvalue weighted by molar-refractivity contribution is 1.18. The van der Waals surface area contributed by atoms with E-state index in [2.05, 4.69) is 179 Å². The van der Waals surface area contributed by atoms with E-state index in [9.17, 15) is 0 Å². The molecule has 8 aromatic carbocycles. The summed E-state index contributed by atoms with van der Waals surface area (Å²) in [4.78, 5) is 2.40. The normalized spacial score (nSPS) is 11.9. The van der Waals surface area contributed by atoms with Crippen LogP contribution < -0.4 is 4.90 Å². The zero-order valence-corrected chi connectivity index (χ0v) is 25.1. The Kier molecular flexibility index (Phi) is 5.31. The molecule has 0 N–H and O–H groups in total. The molecule has 0 saturated carbocycles. The first-order valence-electron chi connectivity index (χ1n) is 15.9. The molecule has 0 aliphatic heterocycles. The van der Waals surface area contributed by atoms with Crippen LogP contribution >= 0.6 is 0 Å². The fraction of sp³-hybridized carbons (Fsp3) is 0. The molecule has 1 heterocycles. The number of hydrogen-bond donors (Lipinski definition) is 0. The van der Waals surface area contributed by atoms with Gasteiger partial charge in [-0.2, -0.15) is 0 Å². The van der Waals surface area contributed by atoms with Gasteiger partial charge in [0.15, 0.2) is 0 Å². The summed E-state index contributed by atoms with van der Waals surface area (Å²) in [5.41, 5.74) is 12.2. The van der Waals surface area contributed by atoms with Crippen LogP contribution in [0, 0.1) is 0 Å². The molecule has 0 saturated heterocycles. The van der Waals surface area contributed by atoms with Crippen molar-refractivity contribution in [2.45, 2.75) is 0 Å². The topological polar surface area (TPSA) is 8.17 Å². The number of benzene rings is 8. The smallest absolute Gasteiger partial charge is 0.0542 e. The minimum Gasteiger partial charge on any atom is -0.310 e. The molecular formula is C44H28N2. The molecule has 0 bridgehead atoms. The molecule has 0 atom stereocenters. The Morgan fingerprint density at radius 3 is 1.91 bits per heavy atom. The van der Waals surface area contributed by atoms with E-state index in [-0.39, 0.29) is 0 Å². The molecule has 1 aliphatic carbocycles. The van der Waals surface area contributed by atoms with Crippen molar-refractivity contribution in [3.05, 3.63) is 170 Å². The number of anilines is 3. The Bertz CT molecular complexity index is 2630. The first-order valence-corrected chi connectivity index (χ1v) is 15.9. The number of fused-ring (bicyclic) bond motifs is 8. The van der Waals surface area contributed by atoms with E-state index >= 15 is 0 Å².